The third-order valence-electron chi connectivity index (χ3n) is 4.46. The minimum atomic E-state index is -4.94. The quantitative estimate of drug-likeness (QED) is 0.0931. The van der Waals surface area contributed by atoms with Crippen molar-refractivity contribution < 1.29 is 107 Å². The van der Waals surface area contributed by atoms with Gasteiger partial charge in [0.15, 0.2) is 0 Å². The third kappa shape index (κ3) is 85.9. The maximum atomic E-state index is 8.49. The van der Waals surface area contributed by atoms with Crippen molar-refractivity contribution >= 4 is 50.5 Å². The standard InChI is InChI=1S/2C10H24N2S2.2ClHO4.3Ni/c2*1-11(5-3-9-13)7-8-12(2)6-4-10-14;2*2-1(3,4)5;;;/h2*13-14H,3-10H2,1-2H3;2*(H,2,3,4,5);;;/q;;;;3*+2/p-6. The molecule has 0 radical (unpaired) electrons. The average molecular weight is 844 g/mol. The molecule has 21 heteroatoms. The average Bonchev–Trinajstić information content (AvgIpc) is 2.79. The van der Waals surface area contributed by atoms with Crippen LogP contribution in [0.2, 0.25) is 0 Å². The van der Waals surface area contributed by atoms with Crippen LogP contribution in [0, 0.1) is 20.5 Å². The molecule has 260 valence electrons. The van der Waals surface area contributed by atoms with Gasteiger partial charge < -0.3 is 70.1 Å². The monoisotopic (exact) mass is 840 g/mol. The molecular weight excluding hydrogens is 799 g/mol. The van der Waals surface area contributed by atoms with Gasteiger partial charge in [-0.25, -0.2) is 37.3 Å². The Labute approximate surface area is 304 Å². The van der Waals surface area contributed by atoms with E-state index in [1.165, 1.54) is 0 Å². The topological polar surface area (TPSA) is 197 Å². The molecule has 0 spiro atoms. The van der Waals surface area contributed by atoms with Gasteiger partial charge in [-0.2, -0.15) is 23.0 Å². The Kier molecular flexibility index (Phi) is 59.4. The second-order valence-corrected chi connectivity index (χ2v) is 11.3. The first-order chi connectivity index (χ1) is 17.4. The molecule has 0 N–H and O–H groups in total. The van der Waals surface area contributed by atoms with E-state index in [9.17, 15) is 0 Å². The second-order valence-electron chi connectivity index (χ2n) is 8.20. The summed E-state index contributed by atoms with van der Waals surface area (Å²) in [5.41, 5.74) is 0. The van der Waals surface area contributed by atoms with E-state index in [1.54, 1.807) is 0 Å². The van der Waals surface area contributed by atoms with Crippen LogP contribution in [-0.2, 0) is 100.0 Å². The SMILES string of the molecule is CN(CCC[S-])CCN(C)CCC[S-].CN(CCC[S-])CCN(C)CCC[S-].[Ni+2].[Ni+2].[Ni+2].[O-][Cl+3]([O-])([O-])[O-].[O-][Cl+3]([O-])([O-])[O-]. The van der Waals surface area contributed by atoms with Gasteiger partial charge in [-0.05, 0) is 54.4 Å². The molecule has 0 saturated heterocycles. The van der Waals surface area contributed by atoms with E-state index >= 15 is 0 Å². The Morgan fingerprint density at radius 1 is 0.366 bits per heavy atom. The van der Waals surface area contributed by atoms with Crippen molar-refractivity contribution in [3.05, 3.63) is 0 Å². The maximum absolute atomic E-state index is 8.49. The number of likely N-dealkylation sites (N-methyl/N-ethyl adjacent to an activating group) is 4. The minimum Gasteiger partial charge on any atom is -0.793 e. The van der Waals surface area contributed by atoms with Gasteiger partial charge in [0.25, 0.3) is 0 Å². The Morgan fingerprint density at radius 3 is 0.585 bits per heavy atom. The largest absolute Gasteiger partial charge is 2.00 e. The number of nitrogens with zero attached hydrogens (tertiary/aromatic N) is 4. The molecule has 0 aromatic heterocycles. The first kappa shape index (κ1) is 59.4. The molecule has 12 nitrogen and oxygen atoms in total. The van der Waals surface area contributed by atoms with Crippen LogP contribution >= 0.6 is 0 Å². The fourth-order valence-corrected chi connectivity index (χ4v) is 2.98. The molecule has 41 heavy (non-hydrogen) atoms. The van der Waals surface area contributed by atoms with Crippen molar-refractivity contribution in [2.75, 3.05) is 104 Å². The van der Waals surface area contributed by atoms with E-state index in [0.717, 1.165) is 101 Å². The van der Waals surface area contributed by atoms with Crippen LogP contribution in [0.15, 0.2) is 0 Å². The van der Waals surface area contributed by atoms with Gasteiger partial charge in [0.2, 0.25) is 0 Å². The van der Waals surface area contributed by atoms with E-state index in [-0.39, 0.29) is 49.5 Å². The molecule has 0 aliphatic carbocycles. The summed E-state index contributed by atoms with van der Waals surface area (Å²) in [7, 11) is -1.25. The Balaban J connectivity index is -0.0000000806. The van der Waals surface area contributed by atoms with Crippen molar-refractivity contribution in [2.45, 2.75) is 25.7 Å². The Hall–Kier alpha value is 2.98. The van der Waals surface area contributed by atoms with Crippen molar-refractivity contribution in [1.82, 2.24) is 19.6 Å². The molecule has 0 aliphatic heterocycles. The molecule has 0 heterocycles. The van der Waals surface area contributed by atoms with Gasteiger partial charge in [-0.1, -0.05) is 25.7 Å². The molecule has 0 rings (SSSR count). The van der Waals surface area contributed by atoms with E-state index < -0.39 is 20.5 Å². The summed E-state index contributed by atoms with van der Waals surface area (Å²) in [5.74, 6) is 3.48. The van der Waals surface area contributed by atoms with Crippen LogP contribution in [0.1, 0.15) is 25.7 Å². The van der Waals surface area contributed by atoms with Crippen molar-refractivity contribution in [2.24, 2.45) is 0 Å². The Bertz CT molecular complexity index is 413. The summed E-state index contributed by atoms with van der Waals surface area (Å²) in [6.07, 6.45) is 4.51. The van der Waals surface area contributed by atoms with E-state index in [1.807, 2.05) is 0 Å². The molecule has 0 unspecified atom stereocenters. The van der Waals surface area contributed by atoms with Crippen LogP contribution < -0.4 is 37.3 Å². The number of hydrogen-bond donors (Lipinski definition) is 0. The zero-order chi connectivity index (χ0) is 30.6. The molecule has 0 aromatic carbocycles. The van der Waals surface area contributed by atoms with Gasteiger partial charge in [-0.15, -0.1) is 20.5 Å². The molecule has 0 aromatic rings. The summed E-state index contributed by atoms with van der Waals surface area (Å²) in [5, 5.41) is 0. The predicted octanol–water partition coefficient (Wildman–Crippen LogP) is -8.07. The fourth-order valence-electron chi connectivity index (χ4n) is 2.47. The van der Waals surface area contributed by atoms with Crippen LogP contribution in [0.3, 0.4) is 0 Å². The van der Waals surface area contributed by atoms with E-state index in [2.05, 4.69) is 47.8 Å². The molecule has 0 saturated carbocycles. The van der Waals surface area contributed by atoms with Crippen molar-refractivity contribution in [3.63, 3.8) is 0 Å². The van der Waals surface area contributed by atoms with Gasteiger partial charge in [-0.3, -0.25) is 0 Å². The molecule has 0 bridgehead atoms. The van der Waals surface area contributed by atoms with Gasteiger partial charge in [0.1, 0.15) is 0 Å². The van der Waals surface area contributed by atoms with Gasteiger partial charge in [0.05, 0.1) is 0 Å². The summed E-state index contributed by atoms with van der Waals surface area (Å²) in [6.45, 7) is 9.01. The first-order valence-electron chi connectivity index (χ1n) is 11.7. The summed E-state index contributed by atoms with van der Waals surface area (Å²) >= 11 is 19.7. The molecule has 0 fully saturated rings. The molecule has 0 amide bonds. The van der Waals surface area contributed by atoms with Gasteiger partial charge >= 0.3 is 49.5 Å². The maximum Gasteiger partial charge on any atom is 2.00 e. The van der Waals surface area contributed by atoms with Crippen LogP contribution in [0.5, 0.6) is 0 Å². The summed E-state index contributed by atoms with van der Waals surface area (Å²) in [4.78, 5) is 9.37. The van der Waals surface area contributed by atoms with E-state index in [0.29, 0.717) is 0 Å². The summed E-state index contributed by atoms with van der Waals surface area (Å²) in [6, 6.07) is 0. The number of halogens is 2. The predicted molar refractivity (Wildman–Crippen MR) is 137 cm³/mol. The second kappa shape index (κ2) is 41.0. The fraction of sp³-hybridized carbons (Fsp3) is 1.00. The van der Waals surface area contributed by atoms with Gasteiger partial charge in [0, 0.05) is 26.2 Å². The zero-order valence-electron chi connectivity index (χ0n) is 23.7. The molecule has 0 aliphatic rings. The Morgan fingerprint density at radius 2 is 0.488 bits per heavy atom. The smallest absolute Gasteiger partial charge is 0.793 e. The van der Waals surface area contributed by atoms with Crippen LogP contribution in [0.25, 0.3) is 0 Å². The third-order valence-corrected chi connectivity index (χ3v) is 5.62. The van der Waals surface area contributed by atoms with Crippen molar-refractivity contribution in [1.29, 1.82) is 0 Å². The minimum absolute atomic E-state index is 0. The van der Waals surface area contributed by atoms with E-state index in [4.69, 9.17) is 87.8 Å². The molecule has 0 atom stereocenters. The van der Waals surface area contributed by atoms with Crippen molar-refractivity contribution in [3.8, 4) is 0 Å². The van der Waals surface area contributed by atoms with Crippen LogP contribution in [0.4, 0.5) is 0 Å². The zero-order valence-corrected chi connectivity index (χ0v) is 31.4. The molecular formula is C20H44Cl2N4Ni3O8S4. The first-order valence-corrected chi connectivity index (χ1v) is 16.5. The normalized spacial score (nSPS) is 10.8. The summed E-state index contributed by atoms with van der Waals surface area (Å²) < 4.78 is 67.9. The number of hydrogen-bond acceptors (Lipinski definition) is 16. The number of rotatable bonds is 18. The van der Waals surface area contributed by atoms with Crippen LogP contribution in [-0.4, -0.2) is 123 Å².